The van der Waals surface area contributed by atoms with Crippen LogP contribution in [0.3, 0.4) is 0 Å². The lowest BCUT2D eigenvalue weighted by Crippen LogP contribution is -2.52. The van der Waals surface area contributed by atoms with Crippen LogP contribution in [0.4, 0.5) is 5.69 Å². The fourth-order valence-corrected chi connectivity index (χ4v) is 6.60. The van der Waals surface area contributed by atoms with E-state index in [4.69, 9.17) is 11.6 Å². The SMILES string of the molecule is CN(C)C(=O)[C@@H]1N[C@H](CC(C)(C)C)[C@]2(C(=O)Nc3cc(Cl)ccc32)[C@H]1C1CCCCC1. The number of halogens is 1. The molecule has 2 fully saturated rings. The molecule has 2 N–H and O–H groups in total. The molecule has 1 aliphatic carbocycles. The molecule has 31 heavy (non-hydrogen) atoms. The summed E-state index contributed by atoms with van der Waals surface area (Å²) >= 11 is 6.29. The fraction of sp³-hybridized carbons (Fsp3) is 0.680. The third-order valence-corrected chi connectivity index (χ3v) is 7.78. The molecule has 0 radical (unpaired) electrons. The molecule has 6 heteroatoms. The lowest BCUT2D eigenvalue weighted by Gasteiger charge is -2.42. The molecule has 5 nitrogen and oxygen atoms in total. The first-order valence-electron chi connectivity index (χ1n) is 11.6. The summed E-state index contributed by atoms with van der Waals surface area (Å²) in [6, 6.07) is 5.28. The minimum absolute atomic E-state index is 0.00724. The molecule has 2 amide bonds. The molecule has 0 unspecified atom stereocenters. The minimum atomic E-state index is -0.758. The Bertz CT molecular complexity index is 872. The number of hydrogen-bond donors (Lipinski definition) is 2. The number of amides is 2. The van der Waals surface area contributed by atoms with E-state index in [-0.39, 0.29) is 35.2 Å². The lowest BCUT2D eigenvalue weighted by molar-refractivity contribution is -0.133. The maximum absolute atomic E-state index is 13.9. The molecule has 4 rings (SSSR count). The van der Waals surface area contributed by atoms with Gasteiger partial charge in [0.2, 0.25) is 11.8 Å². The maximum Gasteiger partial charge on any atom is 0.239 e. The van der Waals surface area contributed by atoms with Crippen LogP contribution in [0.25, 0.3) is 0 Å². The number of fused-ring (bicyclic) bond motifs is 2. The quantitative estimate of drug-likeness (QED) is 0.715. The van der Waals surface area contributed by atoms with Gasteiger partial charge in [-0.15, -0.1) is 0 Å². The number of rotatable bonds is 3. The number of anilines is 1. The molecule has 170 valence electrons. The molecule has 1 aromatic carbocycles. The van der Waals surface area contributed by atoms with Crippen molar-refractivity contribution in [1.82, 2.24) is 10.2 Å². The Labute approximate surface area is 191 Å². The summed E-state index contributed by atoms with van der Waals surface area (Å²) in [5.41, 5.74) is 1.06. The molecule has 2 aliphatic heterocycles. The first-order chi connectivity index (χ1) is 14.6. The lowest BCUT2D eigenvalue weighted by atomic mass is 9.59. The predicted octanol–water partition coefficient (Wildman–Crippen LogP) is 4.59. The molecule has 1 saturated carbocycles. The third-order valence-electron chi connectivity index (χ3n) is 7.55. The summed E-state index contributed by atoms with van der Waals surface area (Å²) in [6.07, 6.45) is 6.52. The molecule has 4 atom stereocenters. The Morgan fingerprint density at radius 1 is 1.19 bits per heavy atom. The Balaban J connectivity index is 1.92. The van der Waals surface area contributed by atoms with E-state index < -0.39 is 5.41 Å². The molecular formula is C25H36ClN3O2. The highest BCUT2D eigenvalue weighted by Gasteiger charge is 2.66. The average Bonchev–Trinajstić information content (AvgIpc) is 3.16. The van der Waals surface area contributed by atoms with Crippen molar-refractivity contribution in [1.29, 1.82) is 0 Å². The molecule has 1 aromatic rings. The smallest absolute Gasteiger partial charge is 0.239 e. The van der Waals surface area contributed by atoms with Gasteiger partial charge in [0, 0.05) is 36.8 Å². The van der Waals surface area contributed by atoms with E-state index in [0.29, 0.717) is 10.9 Å². The van der Waals surface area contributed by atoms with Gasteiger partial charge >= 0.3 is 0 Å². The first kappa shape index (κ1) is 22.6. The zero-order valence-corrected chi connectivity index (χ0v) is 20.2. The van der Waals surface area contributed by atoms with Crippen LogP contribution in [0.1, 0.15) is 64.9 Å². The van der Waals surface area contributed by atoms with E-state index in [1.807, 2.05) is 32.3 Å². The summed E-state index contributed by atoms with van der Waals surface area (Å²) in [6.45, 7) is 6.61. The first-order valence-corrected chi connectivity index (χ1v) is 12.0. The molecule has 0 aromatic heterocycles. The van der Waals surface area contributed by atoms with Crippen LogP contribution in [-0.4, -0.2) is 42.9 Å². The van der Waals surface area contributed by atoms with E-state index in [1.165, 1.54) is 19.3 Å². The zero-order chi connectivity index (χ0) is 22.6. The summed E-state index contributed by atoms with van der Waals surface area (Å²) in [5, 5.41) is 7.48. The van der Waals surface area contributed by atoms with Gasteiger partial charge in [-0.1, -0.05) is 70.5 Å². The highest BCUT2D eigenvalue weighted by atomic mass is 35.5. The normalized spacial score (nSPS) is 31.0. The molecule has 0 bridgehead atoms. The second-order valence-corrected chi connectivity index (χ2v) is 11.6. The van der Waals surface area contributed by atoms with E-state index in [0.717, 1.165) is 30.5 Å². The van der Waals surface area contributed by atoms with Crippen LogP contribution >= 0.6 is 11.6 Å². The third kappa shape index (κ3) is 3.78. The Morgan fingerprint density at radius 2 is 1.87 bits per heavy atom. The van der Waals surface area contributed by atoms with Crippen LogP contribution in [0, 0.1) is 17.3 Å². The molecular weight excluding hydrogens is 410 g/mol. The zero-order valence-electron chi connectivity index (χ0n) is 19.4. The van der Waals surface area contributed by atoms with Gasteiger partial charge in [-0.05, 0) is 35.4 Å². The second kappa shape index (κ2) is 8.08. The van der Waals surface area contributed by atoms with Gasteiger partial charge in [0.25, 0.3) is 0 Å². The van der Waals surface area contributed by atoms with Crippen LogP contribution in [-0.2, 0) is 15.0 Å². The largest absolute Gasteiger partial charge is 0.347 e. The number of benzene rings is 1. The van der Waals surface area contributed by atoms with Gasteiger partial charge in [-0.2, -0.15) is 0 Å². The van der Waals surface area contributed by atoms with Crippen molar-refractivity contribution in [2.45, 2.75) is 76.8 Å². The summed E-state index contributed by atoms with van der Waals surface area (Å²) < 4.78 is 0. The maximum atomic E-state index is 13.9. The average molecular weight is 446 g/mol. The van der Waals surface area contributed by atoms with Crippen molar-refractivity contribution in [3.63, 3.8) is 0 Å². The topological polar surface area (TPSA) is 61.4 Å². The van der Waals surface area contributed by atoms with Crippen molar-refractivity contribution in [3.05, 3.63) is 28.8 Å². The van der Waals surface area contributed by atoms with Gasteiger partial charge in [0.15, 0.2) is 0 Å². The summed E-state index contributed by atoms with van der Waals surface area (Å²) in [4.78, 5) is 29.0. The highest BCUT2D eigenvalue weighted by molar-refractivity contribution is 6.31. The van der Waals surface area contributed by atoms with Crippen LogP contribution < -0.4 is 10.6 Å². The molecule has 1 spiro atoms. The standard InChI is InChI=1S/C25H36ClN3O2/c1-24(2,3)14-19-25(17-12-11-16(26)13-18(17)27-23(25)31)20(15-9-7-6-8-10-15)21(28-19)22(30)29(4)5/h11-13,15,19-21,28H,6-10,14H2,1-5H3,(H,27,31)/t19-,20+,21-,25+/m1/s1. The second-order valence-electron chi connectivity index (χ2n) is 11.1. The van der Waals surface area contributed by atoms with Crippen molar-refractivity contribution in [2.75, 3.05) is 19.4 Å². The fourth-order valence-electron chi connectivity index (χ4n) is 6.43. The Kier molecular flexibility index (Phi) is 5.89. The number of hydrogen-bond acceptors (Lipinski definition) is 3. The van der Waals surface area contributed by atoms with Crippen molar-refractivity contribution in [2.24, 2.45) is 17.3 Å². The van der Waals surface area contributed by atoms with E-state index >= 15 is 0 Å². The van der Waals surface area contributed by atoms with Crippen LogP contribution in [0.2, 0.25) is 5.02 Å². The molecule has 3 aliphatic rings. The highest BCUT2D eigenvalue weighted by Crippen LogP contribution is 2.57. The van der Waals surface area contributed by atoms with Crippen LogP contribution in [0.5, 0.6) is 0 Å². The Morgan fingerprint density at radius 3 is 2.48 bits per heavy atom. The van der Waals surface area contributed by atoms with E-state index in [2.05, 4.69) is 31.4 Å². The van der Waals surface area contributed by atoms with Crippen LogP contribution in [0.15, 0.2) is 18.2 Å². The monoisotopic (exact) mass is 445 g/mol. The van der Waals surface area contributed by atoms with E-state index in [1.54, 1.807) is 4.90 Å². The summed E-state index contributed by atoms with van der Waals surface area (Å²) in [5.74, 6) is 0.364. The van der Waals surface area contributed by atoms with Crippen molar-refractivity contribution < 1.29 is 9.59 Å². The number of carbonyl (C=O) groups excluding carboxylic acids is 2. The number of nitrogens with zero attached hydrogens (tertiary/aromatic N) is 1. The molecule has 2 heterocycles. The minimum Gasteiger partial charge on any atom is -0.347 e. The molecule has 1 saturated heterocycles. The van der Waals surface area contributed by atoms with E-state index in [9.17, 15) is 9.59 Å². The van der Waals surface area contributed by atoms with Crippen molar-refractivity contribution in [3.8, 4) is 0 Å². The number of nitrogens with one attached hydrogen (secondary N) is 2. The van der Waals surface area contributed by atoms with Gasteiger partial charge in [0.05, 0.1) is 11.5 Å². The van der Waals surface area contributed by atoms with Gasteiger partial charge in [0.1, 0.15) is 0 Å². The van der Waals surface area contributed by atoms with Gasteiger partial charge < -0.3 is 15.5 Å². The van der Waals surface area contributed by atoms with Gasteiger partial charge in [-0.25, -0.2) is 0 Å². The number of carbonyl (C=O) groups is 2. The predicted molar refractivity (Wildman–Crippen MR) is 125 cm³/mol. The van der Waals surface area contributed by atoms with Crippen molar-refractivity contribution >= 4 is 29.1 Å². The Hall–Kier alpha value is -1.59. The summed E-state index contributed by atoms with van der Waals surface area (Å²) in [7, 11) is 3.63. The van der Waals surface area contributed by atoms with Gasteiger partial charge in [-0.3, -0.25) is 9.59 Å². The number of likely N-dealkylation sites (N-methyl/N-ethyl adjacent to an activating group) is 1.